The molecule has 1 aliphatic rings. The molecule has 1 aromatic carbocycles. The summed E-state index contributed by atoms with van der Waals surface area (Å²) in [6, 6.07) is 5.38. The zero-order valence-corrected chi connectivity index (χ0v) is 12.0. The van der Waals surface area contributed by atoms with Crippen LogP contribution in [0.5, 0.6) is 0 Å². The number of ether oxygens (including phenoxy) is 1. The van der Waals surface area contributed by atoms with Crippen LogP contribution in [0.25, 0.3) is 0 Å². The van der Waals surface area contributed by atoms with Gasteiger partial charge in [-0.15, -0.1) is 0 Å². The fourth-order valence-electron chi connectivity index (χ4n) is 2.15. The molecule has 1 fully saturated rings. The highest BCUT2D eigenvalue weighted by atomic mass is 79.9. The Labute approximate surface area is 119 Å². The number of hydrogen-bond acceptors (Lipinski definition) is 3. The van der Waals surface area contributed by atoms with Crippen molar-refractivity contribution in [3.63, 3.8) is 0 Å². The van der Waals surface area contributed by atoms with Crippen molar-refractivity contribution in [2.75, 3.05) is 11.5 Å². The van der Waals surface area contributed by atoms with Gasteiger partial charge in [-0.2, -0.15) is 0 Å². The Hall–Kier alpha value is -1.56. The number of carboxylic acids is 1. The third-order valence-electron chi connectivity index (χ3n) is 3.07. The van der Waals surface area contributed by atoms with E-state index in [0.29, 0.717) is 6.42 Å². The minimum absolute atomic E-state index is 0.0212. The number of cyclic esters (lactones) is 1. The molecule has 102 valence electrons. The van der Waals surface area contributed by atoms with E-state index < -0.39 is 12.1 Å². The van der Waals surface area contributed by atoms with Gasteiger partial charge in [-0.05, 0) is 37.1 Å². The Kier molecular flexibility index (Phi) is 4.09. The monoisotopic (exact) mass is 327 g/mol. The Morgan fingerprint density at radius 3 is 2.95 bits per heavy atom. The summed E-state index contributed by atoms with van der Waals surface area (Å²) in [6.45, 7) is 2.14. The average Bonchev–Trinajstić information content (AvgIpc) is 2.68. The van der Waals surface area contributed by atoms with E-state index in [2.05, 4.69) is 15.9 Å². The summed E-state index contributed by atoms with van der Waals surface area (Å²) in [5.41, 5.74) is 1.70. The van der Waals surface area contributed by atoms with Crippen LogP contribution in [-0.4, -0.2) is 29.8 Å². The summed E-state index contributed by atoms with van der Waals surface area (Å²) in [5, 5.41) is 8.74. The molecule has 1 amide bonds. The molecule has 1 heterocycles. The fraction of sp³-hybridized carbons (Fsp3) is 0.385. The molecule has 0 bridgehead atoms. The molecule has 0 aliphatic carbocycles. The number of benzene rings is 1. The topological polar surface area (TPSA) is 66.8 Å². The molecule has 5 nitrogen and oxygen atoms in total. The summed E-state index contributed by atoms with van der Waals surface area (Å²) < 4.78 is 5.97. The Bertz CT molecular complexity index is 517. The van der Waals surface area contributed by atoms with Crippen LogP contribution < -0.4 is 4.90 Å². The Balaban J connectivity index is 2.23. The van der Waals surface area contributed by atoms with Gasteiger partial charge < -0.3 is 9.84 Å². The highest BCUT2D eigenvalue weighted by molar-refractivity contribution is 9.10. The average molecular weight is 328 g/mol. The van der Waals surface area contributed by atoms with E-state index in [9.17, 15) is 9.59 Å². The lowest BCUT2D eigenvalue weighted by Crippen LogP contribution is -2.34. The smallest absolute Gasteiger partial charge is 0.414 e. The maximum atomic E-state index is 11.8. The standard InChI is InChI=1S/C13H14BrNO4/c1-8-6-9(14)2-4-11(8)15-10(3-5-12(16)17)7-19-13(15)18/h2,4,6,10H,3,5,7H2,1H3,(H,16,17). The summed E-state index contributed by atoms with van der Waals surface area (Å²) in [7, 11) is 0. The van der Waals surface area contributed by atoms with Gasteiger partial charge in [0.15, 0.2) is 0 Å². The van der Waals surface area contributed by atoms with Gasteiger partial charge in [-0.25, -0.2) is 4.79 Å². The molecule has 2 rings (SSSR count). The maximum Gasteiger partial charge on any atom is 0.414 e. The van der Waals surface area contributed by atoms with Crippen LogP contribution in [0.3, 0.4) is 0 Å². The van der Waals surface area contributed by atoms with Crippen molar-refractivity contribution >= 4 is 33.7 Å². The third-order valence-corrected chi connectivity index (χ3v) is 3.56. The minimum Gasteiger partial charge on any atom is -0.481 e. The van der Waals surface area contributed by atoms with Gasteiger partial charge in [0.1, 0.15) is 6.61 Å². The quantitative estimate of drug-likeness (QED) is 0.923. The number of aryl methyl sites for hydroxylation is 1. The van der Waals surface area contributed by atoms with Crippen LogP contribution in [0.15, 0.2) is 22.7 Å². The van der Waals surface area contributed by atoms with Crippen molar-refractivity contribution in [1.29, 1.82) is 0 Å². The predicted molar refractivity (Wildman–Crippen MR) is 73.4 cm³/mol. The van der Waals surface area contributed by atoms with E-state index in [1.807, 2.05) is 25.1 Å². The SMILES string of the molecule is Cc1cc(Br)ccc1N1C(=O)OCC1CCC(=O)O. The van der Waals surface area contributed by atoms with Crippen LogP contribution in [-0.2, 0) is 9.53 Å². The van der Waals surface area contributed by atoms with E-state index >= 15 is 0 Å². The van der Waals surface area contributed by atoms with E-state index in [4.69, 9.17) is 9.84 Å². The zero-order valence-electron chi connectivity index (χ0n) is 10.4. The van der Waals surface area contributed by atoms with Crippen molar-refractivity contribution in [1.82, 2.24) is 0 Å². The number of amides is 1. The first kappa shape index (κ1) is 13.9. The number of carbonyl (C=O) groups excluding carboxylic acids is 1. The van der Waals surface area contributed by atoms with Crippen LogP contribution >= 0.6 is 15.9 Å². The highest BCUT2D eigenvalue weighted by Gasteiger charge is 2.34. The van der Waals surface area contributed by atoms with Crippen molar-refractivity contribution in [2.24, 2.45) is 0 Å². The van der Waals surface area contributed by atoms with Gasteiger partial charge in [0, 0.05) is 10.9 Å². The van der Waals surface area contributed by atoms with Gasteiger partial charge in [0.05, 0.1) is 11.7 Å². The largest absolute Gasteiger partial charge is 0.481 e. The Morgan fingerprint density at radius 1 is 1.58 bits per heavy atom. The normalized spacial score (nSPS) is 18.5. The van der Waals surface area contributed by atoms with Crippen molar-refractivity contribution < 1.29 is 19.4 Å². The molecule has 1 aromatic rings. The number of rotatable bonds is 4. The fourth-order valence-corrected chi connectivity index (χ4v) is 2.62. The van der Waals surface area contributed by atoms with Crippen LogP contribution in [0, 0.1) is 6.92 Å². The molecule has 0 aromatic heterocycles. The molecule has 0 radical (unpaired) electrons. The molecular weight excluding hydrogens is 314 g/mol. The first-order chi connectivity index (χ1) is 8.99. The second-order valence-electron chi connectivity index (χ2n) is 4.46. The zero-order chi connectivity index (χ0) is 14.0. The number of carbonyl (C=O) groups is 2. The number of aliphatic carboxylic acids is 1. The lowest BCUT2D eigenvalue weighted by molar-refractivity contribution is -0.137. The van der Waals surface area contributed by atoms with Gasteiger partial charge in [-0.1, -0.05) is 15.9 Å². The molecule has 1 saturated heterocycles. The second-order valence-corrected chi connectivity index (χ2v) is 5.38. The molecule has 1 unspecified atom stereocenters. The van der Waals surface area contributed by atoms with Crippen molar-refractivity contribution in [3.05, 3.63) is 28.2 Å². The molecule has 1 atom stereocenters. The van der Waals surface area contributed by atoms with Crippen LogP contribution in [0.4, 0.5) is 10.5 Å². The van der Waals surface area contributed by atoms with E-state index in [0.717, 1.165) is 15.7 Å². The van der Waals surface area contributed by atoms with E-state index in [1.165, 1.54) is 0 Å². The van der Waals surface area contributed by atoms with Gasteiger partial charge >= 0.3 is 12.1 Å². The maximum absolute atomic E-state index is 11.8. The summed E-state index contributed by atoms with van der Waals surface area (Å²) >= 11 is 3.37. The molecule has 6 heteroatoms. The number of hydrogen-bond donors (Lipinski definition) is 1. The van der Waals surface area contributed by atoms with Gasteiger partial charge in [0.2, 0.25) is 0 Å². The van der Waals surface area contributed by atoms with Gasteiger partial charge in [0.25, 0.3) is 0 Å². The van der Waals surface area contributed by atoms with E-state index in [-0.39, 0.29) is 19.1 Å². The van der Waals surface area contributed by atoms with Gasteiger partial charge in [-0.3, -0.25) is 9.69 Å². The highest BCUT2D eigenvalue weighted by Crippen LogP contribution is 2.30. The summed E-state index contributed by atoms with van der Waals surface area (Å²) in [5.74, 6) is -0.869. The molecule has 1 aliphatic heterocycles. The molecule has 19 heavy (non-hydrogen) atoms. The molecule has 0 saturated carbocycles. The predicted octanol–water partition coefficient (Wildman–Crippen LogP) is 2.95. The number of nitrogens with zero attached hydrogens (tertiary/aromatic N) is 1. The van der Waals surface area contributed by atoms with E-state index in [1.54, 1.807) is 4.90 Å². The molecular formula is C13H14BrNO4. The number of halogens is 1. The first-order valence-electron chi connectivity index (χ1n) is 5.93. The lowest BCUT2D eigenvalue weighted by atomic mass is 10.1. The van der Waals surface area contributed by atoms with Crippen LogP contribution in [0.1, 0.15) is 18.4 Å². The Morgan fingerprint density at radius 2 is 2.32 bits per heavy atom. The minimum atomic E-state index is -0.869. The number of carboxylic acid groups (broad SMARTS) is 1. The molecule has 1 N–H and O–H groups in total. The van der Waals surface area contributed by atoms with Crippen molar-refractivity contribution in [3.8, 4) is 0 Å². The first-order valence-corrected chi connectivity index (χ1v) is 6.72. The lowest BCUT2D eigenvalue weighted by Gasteiger charge is -2.22. The van der Waals surface area contributed by atoms with Crippen molar-refractivity contribution in [2.45, 2.75) is 25.8 Å². The number of anilines is 1. The summed E-state index contributed by atoms with van der Waals surface area (Å²) in [4.78, 5) is 24.0. The second kappa shape index (κ2) is 5.61. The van der Waals surface area contributed by atoms with Crippen LogP contribution in [0.2, 0.25) is 0 Å². The third kappa shape index (κ3) is 3.07. The summed E-state index contributed by atoms with van der Waals surface area (Å²) in [6.07, 6.45) is -0.00921. The molecule has 0 spiro atoms.